The van der Waals surface area contributed by atoms with Crippen molar-refractivity contribution in [1.29, 1.82) is 0 Å². The minimum absolute atomic E-state index is 0.0779. The molecule has 0 amide bonds. The lowest BCUT2D eigenvalue weighted by Crippen LogP contribution is -2.15. The number of hydrogen-bond acceptors (Lipinski definition) is 4. The first-order valence-electron chi connectivity index (χ1n) is 6.76. The Morgan fingerprint density at radius 2 is 2.00 bits per heavy atom. The lowest BCUT2D eigenvalue weighted by Gasteiger charge is -2.18. The molecule has 0 unspecified atom stereocenters. The number of aromatic nitrogens is 2. The summed E-state index contributed by atoms with van der Waals surface area (Å²) < 4.78 is 12.7. The molecule has 2 aromatic rings. The molecular formula is C16H16N2O3. The number of hydrogen-bond donors (Lipinski definition) is 0. The zero-order chi connectivity index (χ0) is 14.8. The van der Waals surface area contributed by atoms with Crippen molar-refractivity contribution in [1.82, 2.24) is 9.78 Å². The second-order valence-electron chi connectivity index (χ2n) is 4.89. The summed E-state index contributed by atoms with van der Waals surface area (Å²) in [4.78, 5) is 12.2. The van der Waals surface area contributed by atoms with Crippen LogP contribution in [0.2, 0.25) is 0 Å². The Labute approximate surface area is 122 Å². The fourth-order valence-corrected chi connectivity index (χ4v) is 2.24. The Kier molecular flexibility index (Phi) is 3.48. The van der Waals surface area contributed by atoms with Crippen molar-refractivity contribution in [3.63, 3.8) is 0 Å². The first kappa shape index (κ1) is 13.4. The molecule has 0 radical (unpaired) electrons. The van der Waals surface area contributed by atoms with E-state index in [-0.39, 0.29) is 5.78 Å². The Hall–Kier alpha value is -2.56. The first-order valence-corrected chi connectivity index (χ1v) is 6.76. The third-order valence-electron chi connectivity index (χ3n) is 3.27. The molecule has 0 saturated carbocycles. The van der Waals surface area contributed by atoms with Gasteiger partial charge in [-0.25, -0.2) is 0 Å². The molecule has 0 bridgehead atoms. The van der Waals surface area contributed by atoms with Crippen LogP contribution in [0.1, 0.15) is 21.7 Å². The highest BCUT2D eigenvalue weighted by Crippen LogP contribution is 2.30. The normalized spacial score (nSPS) is 13.6. The SMILES string of the molecule is Cc1cc(/C=C/C(=O)c2ccc3c(c2)OCCO3)n(C)n1. The maximum Gasteiger partial charge on any atom is 0.186 e. The van der Waals surface area contributed by atoms with Gasteiger partial charge < -0.3 is 9.47 Å². The molecule has 5 nitrogen and oxygen atoms in total. The van der Waals surface area contributed by atoms with Crippen molar-refractivity contribution in [2.75, 3.05) is 13.2 Å². The van der Waals surface area contributed by atoms with Crippen LogP contribution in [0.4, 0.5) is 0 Å². The second-order valence-corrected chi connectivity index (χ2v) is 4.89. The summed E-state index contributed by atoms with van der Waals surface area (Å²) in [5, 5.41) is 4.24. The van der Waals surface area contributed by atoms with Gasteiger partial charge in [-0.15, -0.1) is 0 Å². The quantitative estimate of drug-likeness (QED) is 0.641. The summed E-state index contributed by atoms with van der Waals surface area (Å²) in [5.41, 5.74) is 2.39. The number of ketones is 1. The Morgan fingerprint density at radius 3 is 2.71 bits per heavy atom. The zero-order valence-corrected chi connectivity index (χ0v) is 12.0. The van der Waals surface area contributed by atoms with Gasteiger partial charge in [-0.3, -0.25) is 9.48 Å². The summed E-state index contributed by atoms with van der Waals surface area (Å²) >= 11 is 0. The Balaban J connectivity index is 1.80. The van der Waals surface area contributed by atoms with Gasteiger partial charge in [-0.05, 0) is 43.3 Å². The van der Waals surface area contributed by atoms with Crippen molar-refractivity contribution in [3.8, 4) is 11.5 Å². The van der Waals surface area contributed by atoms with Crippen LogP contribution in [-0.2, 0) is 7.05 Å². The molecule has 2 heterocycles. The van der Waals surface area contributed by atoms with E-state index in [2.05, 4.69) is 5.10 Å². The molecular weight excluding hydrogens is 268 g/mol. The highest BCUT2D eigenvalue weighted by atomic mass is 16.6. The van der Waals surface area contributed by atoms with Crippen LogP contribution in [0, 0.1) is 6.92 Å². The summed E-state index contributed by atoms with van der Waals surface area (Å²) in [6.45, 7) is 2.97. The minimum Gasteiger partial charge on any atom is -0.486 e. The van der Waals surface area contributed by atoms with Crippen LogP contribution in [0.25, 0.3) is 6.08 Å². The van der Waals surface area contributed by atoms with Gasteiger partial charge in [0.15, 0.2) is 17.3 Å². The van der Waals surface area contributed by atoms with Gasteiger partial charge in [0, 0.05) is 12.6 Å². The number of ether oxygens (including phenoxy) is 2. The first-order chi connectivity index (χ1) is 10.1. The zero-order valence-electron chi connectivity index (χ0n) is 12.0. The number of rotatable bonds is 3. The molecule has 108 valence electrons. The monoisotopic (exact) mass is 284 g/mol. The lowest BCUT2D eigenvalue weighted by atomic mass is 10.1. The highest BCUT2D eigenvalue weighted by Gasteiger charge is 2.13. The number of carbonyl (C=O) groups is 1. The van der Waals surface area contributed by atoms with Gasteiger partial charge in [-0.1, -0.05) is 0 Å². The third-order valence-corrected chi connectivity index (χ3v) is 3.27. The molecule has 1 aliphatic rings. The fraction of sp³-hybridized carbons (Fsp3) is 0.250. The van der Waals surface area contributed by atoms with E-state index in [0.717, 1.165) is 11.4 Å². The molecule has 1 aromatic heterocycles. The Morgan fingerprint density at radius 1 is 1.24 bits per heavy atom. The molecule has 5 heteroatoms. The van der Waals surface area contributed by atoms with E-state index in [1.807, 2.05) is 20.0 Å². The number of aryl methyl sites for hydroxylation is 2. The maximum absolute atomic E-state index is 12.2. The van der Waals surface area contributed by atoms with E-state index >= 15 is 0 Å². The van der Waals surface area contributed by atoms with Crippen molar-refractivity contribution in [2.45, 2.75) is 6.92 Å². The van der Waals surface area contributed by atoms with E-state index in [0.29, 0.717) is 30.3 Å². The van der Waals surface area contributed by atoms with Crippen molar-refractivity contribution in [3.05, 3.63) is 47.3 Å². The molecule has 3 rings (SSSR count). The summed E-state index contributed by atoms with van der Waals surface area (Å²) in [6.07, 6.45) is 3.31. The van der Waals surface area contributed by atoms with E-state index < -0.39 is 0 Å². The van der Waals surface area contributed by atoms with Gasteiger partial charge in [0.2, 0.25) is 0 Å². The molecule has 0 atom stereocenters. The summed E-state index contributed by atoms with van der Waals surface area (Å²) in [5.74, 6) is 1.23. The predicted molar refractivity (Wildman–Crippen MR) is 78.7 cm³/mol. The molecule has 21 heavy (non-hydrogen) atoms. The number of carbonyl (C=O) groups excluding carboxylic acids is 1. The van der Waals surface area contributed by atoms with Crippen LogP contribution < -0.4 is 9.47 Å². The summed E-state index contributed by atoms with van der Waals surface area (Å²) in [6, 6.07) is 7.15. The molecule has 0 aliphatic carbocycles. The number of benzene rings is 1. The van der Waals surface area contributed by atoms with E-state index in [1.165, 1.54) is 0 Å². The van der Waals surface area contributed by atoms with E-state index in [1.54, 1.807) is 35.0 Å². The minimum atomic E-state index is -0.0779. The molecule has 1 aromatic carbocycles. The Bertz CT molecular complexity index is 716. The predicted octanol–water partition coefficient (Wildman–Crippen LogP) is 2.40. The third kappa shape index (κ3) is 2.81. The molecule has 0 saturated heterocycles. The number of fused-ring (bicyclic) bond motifs is 1. The van der Waals surface area contributed by atoms with Crippen molar-refractivity contribution in [2.24, 2.45) is 7.05 Å². The largest absolute Gasteiger partial charge is 0.486 e. The van der Waals surface area contributed by atoms with Gasteiger partial charge in [0.05, 0.1) is 11.4 Å². The second kappa shape index (κ2) is 5.44. The average molecular weight is 284 g/mol. The van der Waals surface area contributed by atoms with Gasteiger partial charge in [-0.2, -0.15) is 5.10 Å². The summed E-state index contributed by atoms with van der Waals surface area (Å²) in [7, 11) is 1.85. The molecule has 0 fully saturated rings. The van der Waals surface area contributed by atoms with Gasteiger partial charge in [0.25, 0.3) is 0 Å². The van der Waals surface area contributed by atoms with E-state index in [9.17, 15) is 4.79 Å². The van der Waals surface area contributed by atoms with Crippen LogP contribution in [0.5, 0.6) is 11.5 Å². The maximum atomic E-state index is 12.2. The standard InChI is InChI=1S/C16H16N2O3/c1-11-9-13(18(2)17-11)4-5-14(19)12-3-6-15-16(10-12)21-8-7-20-15/h3-6,9-10H,7-8H2,1-2H3/b5-4+. The number of nitrogens with zero attached hydrogens (tertiary/aromatic N) is 2. The lowest BCUT2D eigenvalue weighted by molar-refractivity contribution is 0.104. The average Bonchev–Trinajstić information content (AvgIpc) is 2.82. The van der Waals surface area contributed by atoms with Crippen molar-refractivity contribution >= 4 is 11.9 Å². The van der Waals surface area contributed by atoms with Crippen LogP contribution >= 0.6 is 0 Å². The molecule has 0 spiro atoms. The van der Waals surface area contributed by atoms with Crippen LogP contribution in [0.3, 0.4) is 0 Å². The topological polar surface area (TPSA) is 53.4 Å². The van der Waals surface area contributed by atoms with Gasteiger partial charge in [0.1, 0.15) is 13.2 Å². The molecule has 0 N–H and O–H groups in total. The smallest absolute Gasteiger partial charge is 0.186 e. The molecule has 1 aliphatic heterocycles. The van der Waals surface area contributed by atoms with Crippen molar-refractivity contribution < 1.29 is 14.3 Å². The van der Waals surface area contributed by atoms with E-state index in [4.69, 9.17) is 9.47 Å². The van der Waals surface area contributed by atoms with Gasteiger partial charge >= 0.3 is 0 Å². The number of allylic oxidation sites excluding steroid dienone is 1. The van der Waals surface area contributed by atoms with Crippen LogP contribution in [-0.4, -0.2) is 28.8 Å². The van der Waals surface area contributed by atoms with Crippen LogP contribution in [0.15, 0.2) is 30.3 Å². The highest BCUT2D eigenvalue weighted by molar-refractivity contribution is 6.07. The fourth-order valence-electron chi connectivity index (χ4n) is 2.24.